The lowest BCUT2D eigenvalue weighted by Crippen LogP contribution is -2.21. The highest BCUT2D eigenvalue weighted by molar-refractivity contribution is 6.30. The molecule has 3 aromatic rings. The summed E-state index contributed by atoms with van der Waals surface area (Å²) in [4.78, 5) is 12.0. The van der Waals surface area contributed by atoms with E-state index in [0.717, 1.165) is 17.0 Å². The SMILES string of the molecule is N#Cc1cccc(NC(=O)CNc2ccc(OCc3ccc(Cl)cc3)cc2)c1. The minimum absolute atomic E-state index is 0.113. The Morgan fingerprint density at radius 2 is 1.75 bits per heavy atom. The van der Waals surface area contributed by atoms with Crippen molar-refractivity contribution in [3.05, 3.63) is 88.9 Å². The van der Waals surface area contributed by atoms with Gasteiger partial charge in [0.2, 0.25) is 5.91 Å². The maximum atomic E-state index is 12.0. The Labute approximate surface area is 168 Å². The van der Waals surface area contributed by atoms with E-state index in [1.165, 1.54) is 0 Å². The number of ether oxygens (including phenoxy) is 1. The zero-order valence-corrected chi connectivity index (χ0v) is 15.7. The van der Waals surface area contributed by atoms with Crippen LogP contribution in [0.3, 0.4) is 0 Å². The molecule has 28 heavy (non-hydrogen) atoms. The summed E-state index contributed by atoms with van der Waals surface area (Å²) in [5.74, 6) is 0.538. The molecule has 0 heterocycles. The number of hydrogen-bond acceptors (Lipinski definition) is 4. The largest absolute Gasteiger partial charge is 0.489 e. The number of amides is 1. The average Bonchev–Trinajstić information content (AvgIpc) is 2.73. The van der Waals surface area contributed by atoms with Gasteiger partial charge in [-0.05, 0) is 60.2 Å². The maximum Gasteiger partial charge on any atom is 0.243 e. The third-order valence-corrected chi connectivity index (χ3v) is 4.15. The Bertz CT molecular complexity index is 980. The summed E-state index contributed by atoms with van der Waals surface area (Å²) in [6.45, 7) is 0.565. The topological polar surface area (TPSA) is 74.2 Å². The smallest absolute Gasteiger partial charge is 0.243 e. The Kier molecular flexibility index (Phi) is 6.50. The van der Waals surface area contributed by atoms with Gasteiger partial charge in [-0.25, -0.2) is 0 Å². The van der Waals surface area contributed by atoms with E-state index in [1.54, 1.807) is 24.3 Å². The first-order valence-electron chi connectivity index (χ1n) is 8.63. The summed E-state index contributed by atoms with van der Waals surface area (Å²) < 4.78 is 5.74. The van der Waals surface area contributed by atoms with E-state index in [0.29, 0.717) is 22.9 Å². The number of benzene rings is 3. The Balaban J connectivity index is 1.46. The van der Waals surface area contributed by atoms with Gasteiger partial charge in [0.1, 0.15) is 12.4 Å². The first kappa shape index (κ1) is 19.3. The molecule has 6 heteroatoms. The first-order chi connectivity index (χ1) is 13.6. The molecule has 3 aromatic carbocycles. The molecule has 0 aliphatic carbocycles. The number of anilines is 2. The Morgan fingerprint density at radius 1 is 1.00 bits per heavy atom. The zero-order chi connectivity index (χ0) is 19.8. The summed E-state index contributed by atoms with van der Waals surface area (Å²) in [6.07, 6.45) is 0. The van der Waals surface area contributed by atoms with Crippen LogP contribution >= 0.6 is 11.6 Å². The van der Waals surface area contributed by atoms with Crippen molar-refractivity contribution in [3.63, 3.8) is 0 Å². The molecule has 0 unspecified atom stereocenters. The van der Waals surface area contributed by atoms with E-state index in [1.807, 2.05) is 54.6 Å². The molecule has 0 saturated heterocycles. The van der Waals surface area contributed by atoms with Gasteiger partial charge in [-0.3, -0.25) is 4.79 Å². The van der Waals surface area contributed by atoms with Crippen LogP contribution in [0.1, 0.15) is 11.1 Å². The summed E-state index contributed by atoms with van der Waals surface area (Å²) >= 11 is 5.87. The molecule has 3 rings (SSSR count). The predicted molar refractivity (Wildman–Crippen MR) is 111 cm³/mol. The van der Waals surface area contributed by atoms with Crippen LogP contribution in [0, 0.1) is 11.3 Å². The van der Waals surface area contributed by atoms with Gasteiger partial charge in [0, 0.05) is 16.4 Å². The molecule has 1 amide bonds. The van der Waals surface area contributed by atoms with Gasteiger partial charge in [0.15, 0.2) is 0 Å². The number of nitriles is 1. The van der Waals surface area contributed by atoms with Crippen LogP contribution in [0.25, 0.3) is 0 Å². The van der Waals surface area contributed by atoms with Crippen LogP contribution in [0.4, 0.5) is 11.4 Å². The van der Waals surface area contributed by atoms with E-state index < -0.39 is 0 Å². The van der Waals surface area contributed by atoms with Crippen LogP contribution in [0.2, 0.25) is 5.02 Å². The third kappa shape index (κ3) is 5.76. The molecular weight excluding hydrogens is 374 g/mol. The molecule has 0 fully saturated rings. The highest BCUT2D eigenvalue weighted by Crippen LogP contribution is 2.18. The van der Waals surface area contributed by atoms with E-state index in [-0.39, 0.29) is 12.5 Å². The summed E-state index contributed by atoms with van der Waals surface area (Å²) in [7, 11) is 0. The summed E-state index contributed by atoms with van der Waals surface area (Å²) in [5.41, 5.74) is 2.93. The fraction of sp³-hybridized carbons (Fsp3) is 0.0909. The number of rotatable bonds is 7. The van der Waals surface area contributed by atoms with Gasteiger partial charge in [-0.2, -0.15) is 5.26 Å². The molecule has 140 valence electrons. The number of nitrogens with zero attached hydrogens (tertiary/aromatic N) is 1. The number of carbonyl (C=O) groups is 1. The van der Waals surface area contributed by atoms with Gasteiger partial charge in [0.25, 0.3) is 0 Å². The lowest BCUT2D eigenvalue weighted by Gasteiger charge is -2.10. The normalized spacial score (nSPS) is 10.0. The number of nitrogens with one attached hydrogen (secondary N) is 2. The predicted octanol–water partition coefficient (Wildman–Crippen LogP) is 4.84. The monoisotopic (exact) mass is 391 g/mol. The van der Waals surface area contributed by atoms with Gasteiger partial charge in [0.05, 0.1) is 18.2 Å². The molecule has 0 spiro atoms. The van der Waals surface area contributed by atoms with Gasteiger partial charge < -0.3 is 15.4 Å². The maximum absolute atomic E-state index is 12.0. The van der Waals surface area contributed by atoms with E-state index in [4.69, 9.17) is 21.6 Å². The summed E-state index contributed by atoms with van der Waals surface area (Å²) in [6, 6.07) is 23.7. The average molecular weight is 392 g/mol. The number of halogens is 1. The summed E-state index contributed by atoms with van der Waals surface area (Å²) in [5, 5.41) is 15.4. The lowest BCUT2D eigenvalue weighted by atomic mass is 10.2. The third-order valence-electron chi connectivity index (χ3n) is 3.90. The van der Waals surface area contributed by atoms with Crippen molar-refractivity contribution < 1.29 is 9.53 Å². The van der Waals surface area contributed by atoms with Crippen molar-refractivity contribution in [2.24, 2.45) is 0 Å². The lowest BCUT2D eigenvalue weighted by molar-refractivity contribution is -0.114. The fourth-order valence-corrected chi connectivity index (χ4v) is 2.60. The quantitative estimate of drug-likeness (QED) is 0.604. The van der Waals surface area contributed by atoms with Crippen molar-refractivity contribution in [1.82, 2.24) is 0 Å². The van der Waals surface area contributed by atoms with Gasteiger partial charge >= 0.3 is 0 Å². The Morgan fingerprint density at radius 3 is 2.46 bits per heavy atom. The van der Waals surface area contributed by atoms with Gasteiger partial charge in [-0.15, -0.1) is 0 Å². The molecule has 0 atom stereocenters. The van der Waals surface area contributed by atoms with Crippen molar-refractivity contribution in [1.29, 1.82) is 5.26 Å². The van der Waals surface area contributed by atoms with Crippen molar-refractivity contribution >= 4 is 28.9 Å². The highest BCUT2D eigenvalue weighted by Gasteiger charge is 2.04. The molecule has 2 N–H and O–H groups in total. The van der Waals surface area contributed by atoms with Crippen molar-refractivity contribution in [2.45, 2.75) is 6.61 Å². The molecular formula is C22H18ClN3O2. The van der Waals surface area contributed by atoms with E-state index >= 15 is 0 Å². The van der Waals surface area contributed by atoms with Crippen molar-refractivity contribution in [2.75, 3.05) is 17.2 Å². The highest BCUT2D eigenvalue weighted by atomic mass is 35.5. The second kappa shape index (κ2) is 9.45. The van der Waals surface area contributed by atoms with Crippen LogP contribution in [0.5, 0.6) is 5.75 Å². The molecule has 0 bridgehead atoms. The Hall–Kier alpha value is -3.49. The number of hydrogen-bond donors (Lipinski definition) is 2. The van der Waals surface area contributed by atoms with Gasteiger partial charge in [-0.1, -0.05) is 29.8 Å². The van der Waals surface area contributed by atoms with Crippen LogP contribution < -0.4 is 15.4 Å². The van der Waals surface area contributed by atoms with E-state index in [2.05, 4.69) is 10.6 Å². The van der Waals surface area contributed by atoms with Crippen LogP contribution in [0.15, 0.2) is 72.8 Å². The molecule has 0 aliphatic rings. The second-order valence-electron chi connectivity index (χ2n) is 6.03. The van der Waals surface area contributed by atoms with Crippen LogP contribution in [-0.2, 0) is 11.4 Å². The molecule has 0 aromatic heterocycles. The molecule has 0 radical (unpaired) electrons. The fourth-order valence-electron chi connectivity index (χ4n) is 2.47. The molecule has 5 nitrogen and oxygen atoms in total. The number of carbonyl (C=O) groups excluding carboxylic acids is 1. The zero-order valence-electron chi connectivity index (χ0n) is 15.0. The minimum atomic E-state index is -0.196. The van der Waals surface area contributed by atoms with Crippen molar-refractivity contribution in [3.8, 4) is 11.8 Å². The standard InChI is InChI=1S/C22H18ClN3O2/c23-18-6-4-16(5-7-18)15-28-21-10-8-19(9-11-21)25-14-22(27)26-20-3-1-2-17(12-20)13-24/h1-12,25H,14-15H2,(H,26,27). The molecule has 0 saturated carbocycles. The minimum Gasteiger partial charge on any atom is -0.489 e. The first-order valence-corrected chi connectivity index (χ1v) is 9.01. The van der Waals surface area contributed by atoms with Crippen LogP contribution in [-0.4, -0.2) is 12.5 Å². The molecule has 0 aliphatic heterocycles. The second-order valence-corrected chi connectivity index (χ2v) is 6.47. The van der Waals surface area contributed by atoms with E-state index in [9.17, 15) is 4.79 Å².